The van der Waals surface area contributed by atoms with Gasteiger partial charge in [0.25, 0.3) is 5.91 Å². The Bertz CT molecular complexity index is 875. The van der Waals surface area contributed by atoms with Gasteiger partial charge in [0, 0.05) is 19.3 Å². The molecule has 0 heterocycles. The minimum Gasteiger partial charge on any atom is -0.452 e. The normalized spacial score (nSPS) is 10.2. The fourth-order valence-electron chi connectivity index (χ4n) is 2.38. The lowest BCUT2D eigenvalue weighted by Crippen LogP contribution is -2.37. The van der Waals surface area contributed by atoms with Crippen LogP contribution in [0.15, 0.2) is 48.5 Å². The van der Waals surface area contributed by atoms with Crippen molar-refractivity contribution in [1.82, 2.24) is 4.90 Å². The number of esters is 1. The van der Waals surface area contributed by atoms with Crippen LogP contribution in [-0.4, -0.2) is 61.1 Å². The molecular weight excluding hydrogens is 398 g/mol. The van der Waals surface area contributed by atoms with Crippen LogP contribution in [-0.2, 0) is 14.3 Å². The molecule has 154 valence electrons. The average Bonchev–Trinajstić information content (AvgIpc) is 2.72. The molecule has 0 radical (unpaired) electrons. The molecule has 8 nitrogen and oxygen atoms in total. The SMILES string of the molecule is CN(CC(=O)Nc1ccccc1Cl)C(=O)COC(=O)c1ccccc1NCCO. The third-order valence-corrected chi connectivity index (χ3v) is 4.19. The number of ether oxygens (including phenoxy) is 1. The Kier molecular flexibility index (Phi) is 8.45. The molecule has 0 bridgehead atoms. The summed E-state index contributed by atoms with van der Waals surface area (Å²) in [4.78, 5) is 37.7. The van der Waals surface area contributed by atoms with E-state index in [9.17, 15) is 14.4 Å². The molecule has 0 unspecified atom stereocenters. The van der Waals surface area contributed by atoms with E-state index in [1.807, 2.05) is 0 Å². The topological polar surface area (TPSA) is 108 Å². The van der Waals surface area contributed by atoms with E-state index in [4.69, 9.17) is 21.4 Å². The van der Waals surface area contributed by atoms with Gasteiger partial charge in [-0.05, 0) is 24.3 Å². The zero-order chi connectivity index (χ0) is 21.2. The summed E-state index contributed by atoms with van der Waals surface area (Å²) >= 11 is 5.98. The second-order valence-corrected chi connectivity index (χ2v) is 6.46. The Labute approximate surface area is 173 Å². The van der Waals surface area contributed by atoms with Gasteiger partial charge in [0.05, 0.1) is 29.4 Å². The Morgan fingerprint density at radius 1 is 1.07 bits per heavy atom. The number of carbonyl (C=O) groups excluding carboxylic acids is 3. The van der Waals surface area contributed by atoms with E-state index in [2.05, 4.69) is 10.6 Å². The van der Waals surface area contributed by atoms with Crippen molar-refractivity contribution in [2.24, 2.45) is 0 Å². The Balaban J connectivity index is 1.86. The van der Waals surface area contributed by atoms with E-state index in [1.54, 1.807) is 48.5 Å². The lowest BCUT2D eigenvalue weighted by molar-refractivity contribution is -0.136. The number of para-hydroxylation sites is 2. The smallest absolute Gasteiger partial charge is 0.340 e. The highest BCUT2D eigenvalue weighted by Gasteiger charge is 2.18. The first-order chi connectivity index (χ1) is 13.9. The standard InChI is InChI=1S/C20H22ClN3O5/c1-24(12-18(26)23-17-9-5-3-7-15(17)21)19(27)13-29-20(28)14-6-2-4-8-16(14)22-10-11-25/h2-9,22,25H,10-13H2,1H3,(H,23,26). The molecule has 0 aliphatic rings. The largest absolute Gasteiger partial charge is 0.452 e. The molecule has 2 aromatic rings. The van der Waals surface area contributed by atoms with Gasteiger partial charge in [-0.15, -0.1) is 0 Å². The van der Waals surface area contributed by atoms with Crippen molar-refractivity contribution in [3.05, 3.63) is 59.1 Å². The van der Waals surface area contributed by atoms with Crippen LogP contribution in [0.4, 0.5) is 11.4 Å². The predicted octanol–water partition coefficient (Wildman–Crippen LogP) is 2.00. The number of amides is 2. The second-order valence-electron chi connectivity index (χ2n) is 6.05. The summed E-state index contributed by atoms with van der Waals surface area (Å²) in [6.45, 7) is -0.561. The van der Waals surface area contributed by atoms with Crippen molar-refractivity contribution in [3.63, 3.8) is 0 Å². The van der Waals surface area contributed by atoms with Gasteiger partial charge in [-0.1, -0.05) is 35.9 Å². The zero-order valence-electron chi connectivity index (χ0n) is 15.9. The lowest BCUT2D eigenvalue weighted by Gasteiger charge is -2.17. The lowest BCUT2D eigenvalue weighted by atomic mass is 10.2. The summed E-state index contributed by atoms with van der Waals surface area (Å²) in [7, 11) is 1.43. The van der Waals surface area contributed by atoms with Crippen molar-refractivity contribution in [2.75, 3.05) is 44.0 Å². The maximum absolute atomic E-state index is 12.3. The minimum atomic E-state index is -0.687. The monoisotopic (exact) mass is 419 g/mol. The van der Waals surface area contributed by atoms with E-state index in [-0.39, 0.29) is 25.3 Å². The molecule has 0 aliphatic heterocycles. The van der Waals surface area contributed by atoms with Gasteiger partial charge >= 0.3 is 5.97 Å². The van der Waals surface area contributed by atoms with Crippen LogP contribution in [0.5, 0.6) is 0 Å². The molecule has 0 aliphatic carbocycles. The van der Waals surface area contributed by atoms with Gasteiger partial charge < -0.3 is 25.4 Å². The number of anilines is 2. The molecule has 0 saturated carbocycles. The first kappa shape index (κ1) is 22.2. The average molecular weight is 420 g/mol. The number of rotatable bonds is 9. The van der Waals surface area contributed by atoms with Gasteiger partial charge in [-0.3, -0.25) is 9.59 Å². The minimum absolute atomic E-state index is 0.0943. The van der Waals surface area contributed by atoms with Crippen LogP contribution in [0, 0.1) is 0 Å². The van der Waals surface area contributed by atoms with Crippen LogP contribution < -0.4 is 10.6 Å². The molecule has 3 N–H and O–H groups in total. The van der Waals surface area contributed by atoms with Crippen molar-refractivity contribution < 1.29 is 24.2 Å². The summed E-state index contributed by atoms with van der Waals surface area (Å²) in [6, 6.07) is 13.3. The molecule has 9 heteroatoms. The number of benzene rings is 2. The van der Waals surface area contributed by atoms with E-state index in [1.165, 1.54) is 7.05 Å². The van der Waals surface area contributed by atoms with Gasteiger partial charge in [-0.2, -0.15) is 0 Å². The Morgan fingerprint density at radius 3 is 2.41 bits per heavy atom. The number of hydrogen-bond acceptors (Lipinski definition) is 6. The maximum Gasteiger partial charge on any atom is 0.340 e. The number of halogens is 1. The summed E-state index contributed by atoms with van der Waals surface area (Å²) in [5.74, 6) is -1.65. The van der Waals surface area contributed by atoms with Crippen molar-refractivity contribution in [1.29, 1.82) is 0 Å². The molecule has 0 spiro atoms. The number of likely N-dealkylation sites (N-methyl/N-ethyl adjacent to an activating group) is 1. The molecule has 2 rings (SSSR count). The molecule has 2 aromatic carbocycles. The summed E-state index contributed by atoms with van der Waals surface area (Å²) in [5, 5.41) is 14.8. The third-order valence-electron chi connectivity index (χ3n) is 3.86. The molecule has 0 fully saturated rings. The van der Waals surface area contributed by atoms with Crippen LogP contribution in [0.25, 0.3) is 0 Å². The highest BCUT2D eigenvalue weighted by atomic mass is 35.5. The van der Waals surface area contributed by atoms with Gasteiger partial charge in [-0.25, -0.2) is 4.79 Å². The Morgan fingerprint density at radius 2 is 1.72 bits per heavy atom. The van der Waals surface area contributed by atoms with Crippen molar-refractivity contribution in [2.45, 2.75) is 0 Å². The van der Waals surface area contributed by atoms with E-state index >= 15 is 0 Å². The van der Waals surface area contributed by atoms with E-state index < -0.39 is 24.4 Å². The number of aliphatic hydroxyl groups is 1. The van der Waals surface area contributed by atoms with Crippen LogP contribution >= 0.6 is 11.6 Å². The fraction of sp³-hybridized carbons (Fsp3) is 0.250. The molecule has 0 saturated heterocycles. The number of carbonyl (C=O) groups is 3. The highest BCUT2D eigenvalue weighted by molar-refractivity contribution is 6.33. The summed E-state index contributed by atoms with van der Waals surface area (Å²) < 4.78 is 5.07. The first-order valence-electron chi connectivity index (χ1n) is 8.81. The van der Waals surface area contributed by atoms with Crippen LogP contribution in [0.2, 0.25) is 5.02 Å². The number of aliphatic hydroxyl groups excluding tert-OH is 1. The van der Waals surface area contributed by atoms with Crippen LogP contribution in [0.3, 0.4) is 0 Å². The van der Waals surface area contributed by atoms with Crippen LogP contribution in [0.1, 0.15) is 10.4 Å². The Hall–Kier alpha value is -3.10. The third kappa shape index (κ3) is 6.78. The van der Waals surface area contributed by atoms with Gasteiger partial charge in [0.15, 0.2) is 6.61 Å². The molecule has 0 atom stereocenters. The second kappa shape index (κ2) is 11.0. The summed E-state index contributed by atoms with van der Waals surface area (Å²) in [5.41, 5.74) is 1.18. The van der Waals surface area contributed by atoms with Gasteiger partial charge in [0.2, 0.25) is 5.91 Å². The predicted molar refractivity (Wildman–Crippen MR) is 110 cm³/mol. The number of nitrogens with one attached hydrogen (secondary N) is 2. The van der Waals surface area contributed by atoms with Crippen molar-refractivity contribution >= 4 is 40.8 Å². The molecule has 2 amide bonds. The number of hydrogen-bond donors (Lipinski definition) is 3. The van der Waals surface area contributed by atoms with Crippen molar-refractivity contribution in [3.8, 4) is 0 Å². The van der Waals surface area contributed by atoms with E-state index in [0.717, 1.165) is 4.90 Å². The number of nitrogens with zero attached hydrogens (tertiary/aromatic N) is 1. The van der Waals surface area contributed by atoms with E-state index in [0.29, 0.717) is 16.4 Å². The zero-order valence-corrected chi connectivity index (χ0v) is 16.6. The first-order valence-corrected chi connectivity index (χ1v) is 9.19. The molecular formula is C20H22ClN3O5. The molecule has 0 aromatic heterocycles. The van der Waals surface area contributed by atoms with Gasteiger partial charge in [0.1, 0.15) is 0 Å². The molecule has 29 heavy (non-hydrogen) atoms. The maximum atomic E-state index is 12.3. The summed E-state index contributed by atoms with van der Waals surface area (Å²) in [6.07, 6.45) is 0. The highest BCUT2D eigenvalue weighted by Crippen LogP contribution is 2.20. The quantitative estimate of drug-likeness (QED) is 0.536. The fourth-order valence-corrected chi connectivity index (χ4v) is 2.56.